The van der Waals surface area contributed by atoms with Crippen molar-refractivity contribution in [2.75, 3.05) is 12.0 Å². The summed E-state index contributed by atoms with van der Waals surface area (Å²) in [4.78, 5) is 0. The summed E-state index contributed by atoms with van der Waals surface area (Å²) >= 11 is 1.47. The number of rotatable bonds is 6. The van der Waals surface area contributed by atoms with Crippen LogP contribution in [0.3, 0.4) is 0 Å². The van der Waals surface area contributed by atoms with Gasteiger partial charge in [0.05, 0.1) is 17.4 Å². The molecule has 0 N–H and O–H groups in total. The Labute approximate surface area is 186 Å². The highest BCUT2D eigenvalue weighted by Crippen LogP contribution is 2.41. The van der Waals surface area contributed by atoms with E-state index >= 15 is 0 Å². The van der Waals surface area contributed by atoms with Crippen LogP contribution in [0.1, 0.15) is 42.9 Å². The topological polar surface area (TPSA) is 92.9 Å². The molecule has 0 radical (unpaired) electrons. The van der Waals surface area contributed by atoms with Crippen LogP contribution in [0.2, 0.25) is 0 Å². The van der Waals surface area contributed by atoms with E-state index in [1.165, 1.54) is 17.6 Å². The van der Waals surface area contributed by atoms with E-state index in [-0.39, 0.29) is 17.8 Å². The smallest absolute Gasteiger partial charge is 0.148 e. The second kappa shape index (κ2) is 8.40. The van der Waals surface area contributed by atoms with Crippen molar-refractivity contribution in [1.29, 1.82) is 5.26 Å². The normalized spacial score (nSPS) is 15.6. The van der Waals surface area contributed by atoms with Crippen LogP contribution in [-0.2, 0) is 16.3 Å². The molecule has 4 rings (SSSR count). The second-order valence-electron chi connectivity index (χ2n) is 8.10. The fourth-order valence-electron chi connectivity index (χ4n) is 4.03. The zero-order chi connectivity index (χ0) is 22.2. The quantitative estimate of drug-likeness (QED) is 0.541. The van der Waals surface area contributed by atoms with Gasteiger partial charge in [-0.3, -0.25) is 0 Å². The highest BCUT2D eigenvalue weighted by molar-refractivity contribution is 7.90. The standard InChI is InChI=1S/C23H23N3O3S2/c1-14(2)29-21-10-8-15(11-17(21)12-24)22-25-26-23(30-22)20-6-4-5-18-16(7-9-19(18)20)13-31(3,27)28/h4-6,8,10-11,14,16H,7,9,13H2,1-3H3/t16-/m1/s1. The van der Waals surface area contributed by atoms with Gasteiger partial charge in [0.25, 0.3) is 0 Å². The van der Waals surface area contributed by atoms with E-state index in [0.29, 0.717) is 11.3 Å². The SMILES string of the molecule is CC(C)Oc1ccc(-c2nnc(-c3cccc4c3CC[C@@H]4CS(C)(=O)=O)s2)cc1C#N. The van der Waals surface area contributed by atoms with Gasteiger partial charge in [-0.2, -0.15) is 5.26 Å². The van der Waals surface area contributed by atoms with Gasteiger partial charge >= 0.3 is 0 Å². The number of nitriles is 1. The fraction of sp³-hybridized carbons (Fsp3) is 0.348. The monoisotopic (exact) mass is 453 g/mol. The Bertz CT molecular complexity index is 1270. The van der Waals surface area contributed by atoms with E-state index in [0.717, 1.165) is 45.1 Å². The van der Waals surface area contributed by atoms with Crippen molar-refractivity contribution < 1.29 is 13.2 Å². The predicted molar refractivity (Wildman–Crippen MR) is 122 cm³/mol. The first-order valence-corrected chi connectivity index (χ1v) is 13.0. The molecular weight excluding hydrogens is 430 g/mol. The molecule has 1 aliphatic carbocycles. The van der Waals surface area contributed by atoms with Crippen LogP contribution in [0.25, 0.3) is 21.1 Å². The van der Waals surface area contributed by atoms with Gasteiger partial charge in [-0.05, 0) is 61.9 Å². The summed E-state index contributed by atoms with van der Waals surface area (Å²) in [6.07, 6.45) is 2.94. The van der Waals surface area contributed by atoms with Crippen LogP contribution in [-0.4, -0.2) is 36.7 Å². The van der Waals surface area contributed by atoms with E-state index < -0.39 is 9.84 Å². The molecule has 0 amide bonds. The van der Waals surface area contributed by atoms with E-state index in [4.69, 9.17) is 4.74 Å². The molecule has 0 spiro atoms. The molecular formula is C23H23N3O3S2. The van der Waals surface area contributed by atoms with Crippen LogP contribution in [0.4, 0.5) is 0 Å². The first kappa shape index (κ1) is 21.5. The molecule has 6 nitrogen and oxygen atoms in total. The number of benzene rings is 2. The first-order valence-electron chi connectivity index (χ1n) is 10.1. The largest absolute Gasteiger partial charge is 0.490 e. The first-order chi connectivity index (χ1) is 14.7. The van der Waals surface area contributed by atoms with Gasteiger partial charge in [-0.15, -0.1) is 10.2 Å². The van der Waals surface area contributed by atoms with Crippen LogP contribution in [0, 0.1) is 11.3 Å². The van der Waals surface area contributed by atoms with Gasteiger partial charge in [0, 0.05) is 17.4 Å². The van der Waals surface area contributed by atoms with Crippen molar-refractivity contribution in [2.45, 2.75) is 38.7 Å². The molecule has 160 valence electrons. The Morgan fingerprint density at radius 2 is 2.00 bits per heavy atom. The van der Waals surface area contributed by atoms with Gasteiger partial charge in [0.1, 0.15) is 31.7 Å². The minimum atomic E-state index is -3.04. The minimum absolute atomic E-state index is 0.0159. The van der Waals surface area contributed by atoms with Crippen molar-refractivity contribution in [3.8, 4) is 33.0 Å². The Morgan fingerprint density at radius 3 is 2.71 bits per heavy atom. The van der Waals surface area contributed by atoms with Gasteiger partial charge < -0.3 is 4.74 Å². The zero-order valence-corrected chi connectivity index (χ0v) is 19.3. The van der Waals surface area contributed by atoms with E-state index in [2.05, 4.69) is 16.3 Å². The highest BCUT2D eigenvalue weighted by atomic mass is 32.2. The minimum Gasteiger partial charge on any atom is -0.490 e. The van der Waals surface area contributed by atoms with Crippen LogP contribution >= 0.6 is 11.3 Å². The molecule has 1 heterocycles. The van der Waals surface area contributed by atoms with Gasteiger partial charge in [-0.1, -0.05) is 29.5 Å². The van der Waals surface area contributed by atoms with E-state index in [1.807, 2.05) is 38.1 Å². The fourth-order valence-corrected chi connectivity index (χ4v) is 6.00. The van der Waals surface area contributed by atoms with Crippen LogP contribution in [0.15, 0.2) is 36.4 Å². The lowest BCUT2D eigenvalue weighted by molar-refractivity contribution is 0.242. The zero-order valence-electron chi connectivity index (χ0n) is 17.6. The number of ether oxygens (including phenoxy) is 1. The molecule has 0 fully saturated rings. The maximum absolute atomic E-state index is 11.8. The average Bonchev–Trinajstić information content (AvgIpc) is 3.34. The maximum atomic E-state index is 11.8. The molecule has 0 saturated heterocycles. The third-order valence-corrected chi connectivity index (χ3v) is 7.28. The third kappa shape index (κ3) is 4.63. The van der Waals surface area contributed by atoms with E-state index in [1.54, 1.807) is 12.1 Å². The molecule has 1 aliphatic rings. The van der Waals surface area contributed by atoms with Crippen LogP contribution in [0.5, 0.6) is 5.75 Å². The van der Waals surface area contributed by atoms with Gasteiger partial charge in [-0.25, -0.2) is 8.42 Å². The van der Waals surface area contributed by atoms with E-state index in [9.17, 15) is 13.7 Å². The van der Waals surface area contributed by atoms with Crippen molar-refractivity contribution in [3.05, 3.63) is 53.1 Å². The third-order valence-electron chi connectivity index (χ3n) is 5.26. The molecule has 31 heavy (non-hydrogen) atoms. The lowest BCUT2D eigenvalue weighted by Gasteiger charge is -2.11. The molecule has 0 saturated carbocycles. The predicted octanol–water partition coefficient (Wildman–Crippen LogP) is 4.61. The molecule has 0 bridgehead atoms. The molecule has 2 aromatic carbocycles. The Morgan fingerprint density at radius 1 is 1.23 bits per heavy atom. The summed E-state index contributed by atoms with van der Waals surface area (Å²) in [5.74, 6) is 0.764. The average molecular weight is 454 g/mol. The lowest BCUT2D eigenvalue weighted by atomic mass is 10.00. The summed E-state index contributed by atoms with van der Waals surface area (Å²) < 4.78 is 29.3. The number of hydrogen-bond acceptors (Lipinski definition) is 7. The Kier molecular flexibility index (Phi) is 5.82. The van der Waals surface area contributed by atoms with Crippen molar-refractivity contribution in [3.63, 3.8) is 0 Å². The second-order valence-corrected chi connectivity index (χ2v) is 11.3. The summed E-state index contributed by atoms with van der Waals surface area (Å²) in [6, 6.07) is 13.7. The molecule has 8 heteroatoms. The molecule has 3 aromatic rings. The molecule has 1 atom stereocenters. The Balaban J connectivity index is 1.66. The summed E-state index contributed by atoms with van der Waals surface area (Å²) in [5, 5.41) is 19.8. The molecule has 0 unspecified atom stereocenters. The van der Waals surface area contributed by atoms with Crippen molar-refractivity contribution in [1.82, 2.24) is 10.2 Å². The van der Waals surface area contributed by atoms with Crippen molar-refractivity contribution >= 4 is 21.2 Å². The van der Waals surface area contributed by atoms with Crippen molar-refractivity contribution in [2.24, 2.45) is 0 Å². The summed E-state index contributed by atoms with van der Waals surface area (Å²) in [5.41, 5.74) is 4.56. The number of aromatic nitrogens is 2. The van der Waals surface area contributed by atoms with Gasteiger partial charge in [0.2, 0.25) is 0 Å². The summed E-state index contributed by atoms with van der Waals surface area (Å²) in [6.45, 7) is 3.84. The number of nitrogens with zero attached hydrogens (tertiary/aromatic N) is 3. The van der Waals surface area contributed by atoms with Gasteiger partial charge in [0.15, 0.2) is 0 Å². The highest BCUT2D eigenvalue weighted by Gasteiger charge is 2.28. The molecule has 1 aromatic heterocycles. The number of sulfone groups is 1. The number of fused-ring (bicyclic) bond motifs is 1. The lowest BCUT2D eigenvalue weighted by Crippen LogP contribution is -2.10. The summed E-state index contributed by atoms with van der Waals surface area (Å²) in [7, 11) is -3.04. The van der Waals surface area contributed by atoms with Crippen LogP contribution < -0.4 is 4.74 Å². The Hall–Kier alpha value is -2.76. The number of hydrogen-bond donors (Lipinski definition) is 0. The maximum Gasteiger partial charge on any atom is 0.148 e. The molecule has 0 aliphatic heterocycles.